The van der Waals surface area contributed by atoms with Crippen molar-refractivity contribution in [1.29, 1.82) is 0 Å². The molecule has 2 aromatic carbocycles. The molecule has 2 aromatic rings. The van der Waals surface area contributed by atoms with E-state index in [1.165, 1.54) is 31.4 Å². The smallest absolute Gasteiger partial charge is 0.0649 e. The highest BCUT2D eigenvalue weighted by Crippen LogP contribution is 2.35. The molecule has 0 aromatic heterocycles. The van der Waals surface area contributed by atoms with Gasteiger partial charge in [-0.2, -0.15) is 0 Å². The van der Waals surface area contributed by atoms with Crippen LogP contribution in [0.1, 0.15) is 32.6 Å². The van der Waals surface area contributed by atoms with Gasteiger partial charge in [0.1, 0.15) is 0 Å². The Labute approximate surface area is 131 Å². The summed E-state index contributed by atoms with van der Waals surface area (Å²) in [6.07, 6.45) is 0. The second-order valence-electron chi connectivity index (χ2n) is 4.73. The number of benzene rings is 2. The van der Waals surface area contributed by atoms with Crippen molar-refractivity contribution >= 4 is 38.5 Å². The van der Waals surface area contributed by atoms with Gasteiger partial charge in [-0.15, -0.1) is 0 Å². The van der Waals surface area contributed by atoms with Crippen molar-refractivity contribution in [3.63, 3.8) is 0 Å². The minimum Gasteiger partial charge on any atom is -0.0786 e. The molecule has 0 bridgehead atoms. The largest absolute Gasteiger partial charge is 0.0786 e. The highest BCUT2D eigenvalue weighted by Gasteiger charge is 2.15. The summed E-state index contributed by atoms with van der Waals surface area (Å²) in [4.78, 5) is 0.273. The highest BCUT2D eigenvalue weighted by molar-refractivity contribution is 14.1. The zero-order valence-corrected chi connectivity index (χ0v) is 14.5. The maximum Gasteiger partial charge on any atom is 0.0649 e. The number of alkyl halides is 1. The van der Waals surface area contributed by atoms with Crippen molar-refractivity contribution in [3.05, 3.63) is 67.8 Å². The molecule has 0 amide bonds. The number of hydrogen-bond donors (Lipinski definition) is 0. The van der Waals surface area contributed by atoms with Gasteiger partial charge in [0, 0.05) is 3.57 Å². The lowest BCUT2D eigenvalue weighted by molar-refractivity contribution is 1.10. The summed E-state index contributed by atoms with van der Waals surface area (Å²) < 4.78 is 1.27. The SMILES string of the molecule is Cc1cc(C)c(C(Br)c2ccc(I)cc2)c(C)c1. The molecule has 2 rings (SSSR count). The molecule has 0 radical (unpaired) electrons. The van der Waals surface area contributed by atoms with Crippen molar-refractivity contribution in [2.75, 3.05) is 0 Å². The normalized spacial score (nSPS) is 12.5. The molecule has 94 valence electrons. The van der Waals surface area contributed by atoms with Crippen LogP contribution in [0.3, 0.4) is 0 Å². The van der Waals surface area contributed by atoms with Gasteiger partial charge in [0.15, 0.2) is 0 Å². The molecule has 0 aliphatic heterocycles. The van der Waals surface area contributed by atoms with Crippen LogP contribution in [-0.4, -0.2) is 0 Å². The predicted molar refractivity (Wildman–Crippen MR) is 90.6 cm³/mol. The lowest BCUT2D eigenvalue weighted by Gasteiger charge is -2.17. The third-order valence-electron chi connectivity index (χ3n) is 3.15. The first-order valence-corrected chi connectivity index (χ1v) is 7.96. The monoisotopic (exact) mass is 414 g/mol. The van der Waals surface area contributed by atoms with Crippen LogP contribution in [-0.2, 0) is 0 Å². The van der Waals surface area contributed by atoms with Crippen LogP contribution in [0, 0.1) is 24.3 Å². The van der Waals surface area contributed by atoms with Crippen LogP contribution in [0.2, 0.25) is 0 Å². The van der Waals surface area contributed by atoms with Gasteiger partial charge < -0.3 is 0 Å². The van der Waals surface area contributed by atoms with Gasteiger partial charge in [0.25, 0.3) is 0 Å². The maximum atomic E-state index is 3.84. The Morgan fingerprint density at radius 2 is 1.44 bits per heavy atom. The molecule has 18 heavy (non-hydrogen) atoms. The second kappa shape index (κ2) is 5.74. The van der Waals surface area contributed by atoms with Crippen LogP contribution < -0.4 is 0 Å². The molecular weight excluding hydrogens is 399 g/mol. The number of aryl methyl sites for hydroxylation is 3. The molecule has 0 heterocycles. The Morgan fingerprint density at radius 1 is 0.944 bits per heavy atom. The molecule has 0 saturated heterocycles. The minimum absolute atomic E-state index is 0.273. The molecule has 0 spiro atoms. The standard InChI is InChI=1S/C16H16BrI/c1-10-8-11(2)15(12(3)9-10)16(17)13-4-6-14(18)7-5-13/h4-9,16H,1-3H3. The molecule has 0 saturated carbocycles. The van der Waals surface area contributed by atoms with E-state index < -0.39 is 0 Å². The average Bonchev–Trinajstić information content (AvgIpc) is 2.28. The fourth-order valence-electron chi connectivity index (χ4n) is 2.39. The predicted octanol–water partition coefficient (Wildman–Crippen LogP) is 5.70. The van der Waals surface area contributed by atoms with Crippen molar-refractivity contribution in [3.8, 4) is 0 Å². The molecule has 0 fully saturated rings. The van der Waals surface area contributed by atoms with E-state index in [2.05, 4.69) is 95.7 Å². The van der Waals surface area contributed by atoms with Gasteiger partial charge in [-0.05, 0) is 77.7 Å². The Kier molecular flexibility index (Phi) is 4.49. The summed E-state index contributed by atoms with van der Waals surface area (Å²) in [7, 11) is 0. The Bertz CT molecular complexity index is 535. The molecule has 1 atom stereocenters. The molecule has 0 nitrogen and oxygen atoms in total. The van der Waals surface area contributed by atoms with Gasteiger partial charge in [0.2, 0.25) is 0 Å². The number of rotatable bonds is 2. The summed E-state index contributed by atoms with van der Waals surface area (Å²) in [5.74, 6) is 0. The van der Waals surface area contributed by atoms with E-state index in [4.69, 9.17) is 0 Å². The maximum absolute atomic E-state index is 3.84. The Hall–Kier alpha value is -0.350. The number of halogens is 2. The first-order chi connectivity index (χ1) is 8.49. The zero-order valence-electron chi connectivity index (χ0n) is 10.8. The number of hydrogen-bond acceptors (Lipinski definition) is 0. The first-order valence-electron chi connectivity index (χ1n) is 5.96. The summed E-state index contributed by atoms with van der Waals surface area (Å²) in [6.45, 7) is 6.53. The lowest BCUT2D eigenvalue weighted by Crippen LogP contribution is -2.00. The fourth-order valence-corrected chi connectivity index (χ4v) is 3.78. The summed E-state index contributed by atoms with van der Waals surface area (Å²) in [6, 6.07) is 13.2. The van der Waals surface area contributed by atoms with E-state index in [1.54, 1.807) is 0 Å². The summed E-state index contributed by atoms with van der Waals surface area (Å²) in [5.41, 5.74) is 6.74. The van der Waals surface area contributed by atoms with Crippen LogP contribution in [0.5, 0.6) is 0 Å². The highest BCUT2D eigenvalue weighted by atomic mass is 127. The van der Waals surface area contributed by atoms with Crippen molar-refractivity contribution < 1.29 is 0 Å². The second-order valence-corrected chi connectivity index (χ2v) is 6.89. The van der Waals surface area contributed by atoms with Gasteiger partial charge in [-0.25, -0.2) is 0 Å². The molecule has 0 aliphatic rings. The third kappa shape index (κ3) is 2.97. The van der Waals surface area contributed by atoms with Gasteiger partial charge in [-0.3, -0.25) is 0 Å². The van der Waals surface area contributed by atoms with E-state index in [0.29, 0.717) is 0 Å². The van der Waals surface area contributed by atoms with Crippen molar-refractivity contribution in [1.82, 2.24) is 0 Å². The lowest BCUT2D eigenvalue weighted by atomic mass is 9.94. The zero-order chi connectivity index (χ0) is 13.3. The topological polar surface area (TPSA) is 0 Å². The summed E-state index contributed by atoms with van der Waals surface area (Å²) >= 11 is 6.18. The van der Waals surface area contributed by atoms with Gasteiger partial charge in [-0.1, -0.05) is 45.8 Å². The van der Waals surface area contributed by atoms with Crippen molar-refractivity contribution in [2.24, 2.45) is 0 Å². The van der Waals surface area contributed by atoms with E-state index in [1.807, 2.05) is 0 Å². The molecule has 2 heteroatoms. The van der Waals surface area contributed by atoms with E-state index in [0.717, 1.165) is 0 Å². The van der Waals surface area contributed by atoms with Crippen molar-refractivity contribution in [2.45, 2.75) is 25.6 Å². The van der Waals surface area contributed by atoms with E-state index >= 15 is 0 Å². The van der Waals surface area contributed by atoms with Crippen LogP contribution >= 0.6 is 38.5 Å². The fraction of sp³-hybridized carbons (Fsp3) is 0.250. The third-order valence-corrected chi connectivity index (χ3v) is 4.86. The molecule has 1 unspecified atom stereocenters. The van der Waals surface area contributed by atoms with Crippen LogP contribution in [0.15, 0.2) is 36.4 Å². The van der Waals surface area contributed by atoms with Crippen LogP contribution in [0.4, 0.5) is 0 Å². The quantitative estimate of drug-likeness (QED) is 0.436. The Morgan fingerprint density at radius 3 is 1.94 bits per heavy atom. The molecule has 0 N–H and O–H groups in total. The van der Waals surface area contributed by atoms with Gasteiger partial charge >= 0.3 is 0 Å². The molecule has 0 aliphatic carbocycles. The average molecular weight is 415 g/mol. The van der Waals surface area contributed by atoms with E-state index in [9.17, 15) is 0 Å². The Balaban J connectivity index is 2.46. The first kappa shape index (κ1) is 14.1. The van der Waals surface area contributed by atoms with E-state index in [-0.39, 0.29) is 4.83 Å². The van der Waals surface area contributed by atoms with Gasteiger partial charge in [0.05, 0.1) is 4.83 Å². The summed E-state index contributed by atoms with van der Waals surface area (Å²) in [5, 5.41) is 0. The molecular formula is C16H16BrI. The minimum atomic E-state index is 0.273. The van der Waals surface area contributed by atoms with Crippen LogP contribution in [0.25, 0.3) is 0 Å².